The van der Waals surface area contributed by atoms with E-state index in [0.717, 1.165) is 45.2 Å². The number of anilines is 3. The van der Waals surface area contributed by atoms with Crippen molar-refractivity contribution in [3.63, 3.8) is 0 Å². The first kappa shape index (κ1) is 14.9. The molecule has 0 spiro atoms. The molecular formula is C22H17NO3. The van der Waals surface area contributed by atoms with E-state index >= 15 is 0 Å². The summed E-state index contributed by atoms with van der Waals surface area (Å²) < 4.78 is 18.0. The van der Waals surface area contributed by atoms with E-state index in [-0.39, 0.29) is 0 Å². The third-order valence-corrected chi connectivity index (χ3v) is 4.63. The number of furan rings is 1. The number of fused-ring (bicyclic) bond motifs is 4. The van der Waals surface area contributed by atoms with Crippen LogP contribution in [-0.4, -0.2) is 7.11 Å². The minimum atomic E-state index is 0.661. The van der Waals surface area contributed by atoms with Crippen LogP contribution >= 0.6 is 0 Å². The van der Waals surface area contributed by atoms with Gasteiger partial charge in [-0.3, -0.25) is 4.90 Å². The van der Waals surface area contributed by atoms with Crippen molar-refractivity contribution in [3.05, 3.63) is 72.3 Å². The molecule has 0 unspecified atom stereocenters. The van der Waals surface area contributed by atoms with Gasteiger partial charge in [0.15, 0.2) is 11.5 Å². The molecule has 26 heavy (non-hydrogen) atoms. The summed E-state index contributed by atoms with van der Waals surface area (Å²) in [6, 6.07) is 22.0. The molecule has 0 amide bonds. The van der Waals surface area contributed by atoms with Gasteiger partial charge >= 0.3 is 0 Å². The van der Waals surface area contributed by atoms with Gasteiger partial charge in [-0.1, -0.05) is 35.9 Å². The Morgan fingerprint density at radius 2 is 1.65 bits per heavy atom. The summed E-state index contributed by atoms with van der Waals surface area (Å²) in [6.07, 6.45) is 0. The maximum atomic E-state index is 6.23. The number of methoxy groups -OCH3 is 1. The molecule has 1 aliphatic heterocycles. The minimum Gasteiger partial charge on any atom is -0.495 e. The Bertz CT molecular complexity index is 1130. The molecule has 4 nitrogen and oxygen atoms in total. The molecule has 0 saturated carbocycles. The molecule has 0 radical (unpaired) electrons. The lowest BCUT2D eigenvalue weighted by atomic mass is 10.1. The number of benzene rings is 3. The van der Waals surface area contributed by atoms with Gasteiger partial charge in [0.1, 0.15) is 11.3 Å². The average molecular weight is 343 g/mol. The van der Waals surface area contributed by atoms with E-state index in [4.69, 9.17) is 13.9 Å². The highest BCUT2D eigenvalue weighted by atomic mass is 16.5. The summed E-state index contributed by atoms with van der Waals surface area (Å²) in [5.41, 5.74) is 3.78. The number of aryl methyl sites for hydroxylation is 1. The van der Waals surface area contributed by atoms with E-state index in [1.165, 1.54) is 0 Å². The van der Waals surface area contributed by atoms with Crippen LogP contribution in [-0.2, 0) is 0 Å². The van der Waals surface area contributed by atoms with Crippen LogP contribution < -0.4 is 14.4 Å². The Labute approximate surface area is 151 Å². The Hall–Kier alpha value is -3.40. The number of rotatable bonds is 2. The average Bonchev–Trinajstić information content (AvgIpc) is 3.03. The number of ether oxygens (including phenoxy) is 2. The zero-order valence-corrected chi connectivity index (χ0v) is 14.5. The van der Waals surface area contributed by atoms with Gasteiger partial charge in [0.2, 0.25) is 5.88 Å². The fourth-order valence-corrected chi connectivity index (χ4v) is 3.42. The van der Waals surface area contributed by atoms with Crippen molar-refractivity contribution >= 4 is 28.2 Å². The normalized spacial score (nSPS) is 12.5. The highest BCUT2D eigenvalue weighted by Crippen LogP contribution is 2.55. The summed E-state index contributed by atoms with van der Waals surface area (Å²) in [5, 5.41) is 0.967. The summed E-state index contributed by atoms with van der Waals surface area (Å²) >= 11 is 0. The molecule has 1 aromatic heterocycles. The second-order valence-electron chi connectivity index (χ2n) is 6.31. The lowest BCUT2D eigenvalue weighted by Crippen LogP contribution is -2.15. The molecule has 1 aliphatic rings. The first-order valence-corrected chi connectivity index (χ1v) is 8.49. The smallest absolute Gasteiger partial charge is 0.249 e. The Morgan fingerprint density at radius 1 is 0.885 bits per heavy atom. The van der Waals surface area contributed by atoms with Crippen LogP contribution in [0.3, 0.4) is 0 Å². The molecule has 4 aromatic rings. The third-order valence-electron chi connectivity index (χ3n) is 4.63. The number of nitrogens with zero attached hydrogens (tertiary/aromatic N) is 1. The quantitative estimate of drug-likeness (QED) is 0.375. The zero-order chi connectivity index (χ0) is 17.7. The monoisotopic (exact) mass is 343 g/mol. The molecule has 0 N–H and O–H groups in total. The second-order valence-corrected chi connectivity index (χ2v) is 6.31. The lowest BCUT2D eigenvalue weighted by Gasteiger charge is -2.30. The van der Waals surface area contributed by atoms with Crippen molar-refractivity contribution in [2.75, 3.05) is 12.0 Å². The fourth-order valence-electron chi connectivity index (χ4n) is 3.42. The van der Waals surface area contributed by atoms with Crippen LogP contribution in [0.4, 0.5) is 17.3 Å². The molecule has 0 bridgehead atoms. The first-order chi connectivity index (χ1) is 12.8. The maximum absolute atomic E-state index is 6.23. The number of hydrogen-bond acceptors (Lipinski definition) is 4. The van der Waals surface area contributed by atoms with Crippen LogP contribution in [0.5, 0.6) is 17.2 Å². The molecular weight excluding hydrogens is 326 g/mol. The van der Waals surface area contributed by atoms with Crippen molar-refractivity contribution in [1.82, 2.24) is 0 Å². The largest absolute Gasteiger partial charge is 0.495 e. The predicted molar refractivity (Wildman–Crippen MR) is 102 cm³/mol. The van der Waals surface area contributed by atoms with Crippen molar-refractivity contribution in [3.8, 4) is 17.2 Å². The molecule has 0 atom stereocenters. The molecule has 128 valence electrons. The van der Waals surface area contributed by atoms with Gasteiger partial charge < -0.3 is 13.9 Å². The van der Waals surface area contributed by atoms with Gasteiger partial charge in [0, 0.05) is 0 Å². The fraction of sp³-hybridized carbons (Fsp3) is 0.0909. The molecule has 3 aromatic carbocycles. The summed E-state index contributed by atoms with van der Waals surface area (Å²) in [5.74, 6) is 2.95. The third kappa shape index (κ3) is 2.09. The Morgan fingerprint density at radius 3 is 2.50 bits per heavy atom. The molecule has 5 rings (SSSR count). The minimum absolute atomic E-state index is 0.661. The van der Waals surface area contributed by atoms with Crippen LogP contribution in [0.25, 0.3) is 11.0 Å². The van der Waals surface area contributed by atoms with E-state index in [9.17, 15) is 0 Å². The predicted octanol–water partition coefficient (Wildman–Crippen LogP) is 6.33. The Balaban J connectivity index is 1.83. The van der Waals surface area contributed by atoms with Gasteiger partial charge in [0.25, 0.3) is 0 Å². The van der Waals surface area contributed by atoms with Crippen molar-refractivity contribution < 1.29 is 13.9 Å². The summed E-state index contributed by atoms with van der Waals surface area (Å²) in [4.78, 5) is 2.06. The SMILES string of the molecule is COc1ccccc1N1c2ccccc2Oc2c1oc1ccc(C)cc21. The van der Waals surface area contributed by atoms with Gasteiger partial charge in [0.05, 0.1) is 23.9 Å². The van der Waals surface area contributed by atoms with Crippen LogP contribution in [0.1, 0.15) is 5.56 Å². The van der Waals surface area contributed by atoms with Crippen molar-refractivity contribution in [2.24, 2.45) is 0 Å². The van der Waals surface area contributed by atoms with Gasteiger partial charge in [-0.05, 0) is 43.3 Å². The summed E-state index contributed by atoms with van der Waals surface area (Å²) in [7, 11) is 1.67. The van der Waals surface area contributed by atoms with Crippen LogP contribution in [0, 0.1) is 6.92 Å². The molecule has 4 heteroatoms. The zero-order valence-electron chi connectivity index (χ0n) is 14.5. The van der Waals surface area contributed by atoms with E-state index in [1.807, 2.05) is 60.7 Å². The van der Waals surface area contributed by atoms with Gasteiger partial charge in [-0.15, -0.1) is 0 Å². The molecule has 2 heterocycles. The maximum Gasteiger partial charge on any atom is 0.249 e. The number of hydrogen-bond donors (Lipinski definition) is 0. The molecule has 0 saturated heterocycles. The van der Waals surface area contributed by atoms with Crippen LogP contribution in [0.2, 0.25) is 0 Å². The van der Waals surface area contributed by atoms with Gasteiger partial charge in [-0.25, -0.2) is 0 Å². The van der Waals surface area contributed by atoms with E-state index in [0.29, 0.717) is 5.88 Å². The molecule has 0 fully saturated rings. The van der Waals surface area contributed by atoms with Crippen molar-refractivity contribution in [1.29, 1.82) is 0 Å². The van der Waals surface area contributed by atoms with E-state index in [1.54, 1.807) is 7.11 Å². The first-order valence-electron chi connectivity index (χ1n) is 8.49. The highest BCUT2D eigenvalue weighted by Gasteiger charge is 2.32. The lowest BCUT2D eigenvalue weighted by molar-refractivity contribution is 0.414. The molecule has 0 aliphatic carbocycles. The van der Waals surface area contributed by atoms with Gasteiger partial charge in [-0.2, -0.15) is 0 Å². The van der Waals surface area contributed by atoms with Crippen LogP contribution in [0.15, 0.2) is 71.1 Å². The summed E-state index contributed by atoms with van der Waals surface area (Å²) in [6.45, 7) is 2.06. The van der Waals surface area contributed by atoms with Crippen molar-refractivity contribution in [2.45, 2.75) is 6.92 Å². The Kier molecular flexibility index (Phi) is 3.19. The highest BCUT2D eigenvalue weighted by molar-refractivity contribution is 5.97. The second kappa shape index (κ2) is 5.56. The van der Waals surface area contributed by atoms with E-state index in [2.05, 4.69) is 17.9 Å². The van der Waals surface area contributed by atoms with E-state index < -0.39 is 0 Å². The topological polar surface area (TPSA) is 34.8 Å². The standard InChI is InChI=1S/C22H17NO3/c1-14-11-12-18-15(13-14)21-22(26-18)23(16-7-3-5-9-19(16)24-2)17-8-4-6-10-20(17)25-21/h3-13H,1-2H3. The number of para-hydroxylation sites is 4.